The summed E-state index contributed by atoms with van der Waals surface area (Å²) in [7, 11) is 1.98. The zero-order chi connectivity index (χ0) is 16.8. The highest BCUT2D eigenvalue weighted by Crippen LogP contribution is 2.36. The van der Waals surface area contributed by atoms with Gasteiger partial charge in [0, 0.05) is 18.7 Å². The van der Waals surface area contributed by atoms with Crippen LogP contribution in [0.15, 0.2) is 24.9 Å². The summed E-state index contributed by atoms with van der Waals surface area (Å²) < 4.78 is 2.42. The second kappa shape index (κ2) is 5.45. The minimum absolute atomic E-state index is 0.0633. The molecule has 3 rings (SSSR count). The molecule has 3 heterocycles. The van der Waals surface area contributed by atoms with Crippen LogP contribution in [-0.4, -0.2) is 44.8 Å². The van der Waals surface area contributed by atoms with Crippen LogP contribution in [0.5, 0.6) is 0 Å². The van der Waals surface area contributed by atoms with E-state index in [-0.39, 0.29) is 18.0 Å². The first-order valence-electron chi connectivity index (χ1n) is 8.06. The topological polar surface area (TPSA) is 73.8 Å². The van der Waals surface area contributed by atoms with Crippen LogP contribution in [0.1, 0.15) is 32.0 Å². The van der Waals surface area contributed by atoms with Crippen LogP contribution in [0.3, 0.4) is 0 Å². The van der Waals surface area contributed by atoms with Crippen molar-refractivity contribution in [2.24, 2.45) is 0 Å². The van der Waals surface area contributed by atoms with Crippen molar-refractivity contribution in [1.29, 1.82) is 0 Å². The van der Waals surface area contributed by atoms with Gasteiger partial charge in [0.1, 0.15) is 18.4 Å². The Kier molecular flexibility index (Phi) is 3.72. The molecule has 1 aliphatic rings. The largest absolute Gasteiger partial charge is 0.383 e. The molecule has 0 spiro atoms. The maximum atomic E-state index is 12.3. The van der Waals surface area contributed by atoms with Crippen LogP contribution >= 0.6 is 0 Å². The van der Waals surface area contributed by atoms with E-state index in [4.69, 9.17) is 10.8 Å². The summed E-state index contributed by atoms with van der Waals surface area (Å²) in [6.45, 7) is 8.55. The number of nitrogens with zero attached hydrogens (tertiary/aromatic N) is 4. The van der Waals surface area contributed by atoms with Gasteiger partial charge in [0.05, 0.1) is 29.7 Å². The zero-order valence-electron chi connectivity index (χ0n) is 14.0. The average Bonchev–Trinajstić information content (AvgIpc) is 3.06. The van der Waals surface area contributed by atoms with E-state index < -0.39 is 0 Å². The first-order valence-corrected chi connectivity index (χ1v) is 8.06. The molecule has 6 heteroatoms. The molecule has 0 aromatic carbocycles. The number of hydrogen-bond donors (Lipinski definition) is 1. The third kappa shape index (κ3) is 2.25. The number of pyridine rings is 1. The number of amides is 1. The van der Waals surface area contributed by atoms with Crippen molar-refractivity contribution in [3.8, 4) is 0 Å². The quantitative estimate of drug-likeness (QED) is 0.695. The molecule has 23 heavy (non-hydrogen) atoms. The Morgan fingerprint density at radius 2 is 2.35 bits per heavy atom. The number of anilines is 1. The molecule has 2 aromatic rings. The number of carbonyl (C=O) groups excluding carboxylic acids is 1. The number of likely N-dealkylation sites (tertiary alicyclic amines) is 1. The van der Waals surface area contributed by atoms with Crippen molar-refractivity contribution in [3.05, 3.63) is 30.6 Å². The number of rotatable bonds is 3. The van der Waals surface area contributed by atoms with Gasteiger partial charge in [-0.1, -0.05) is 13.5 Å². The molecular weight excluding hydrogens is 290 g/mol. The number of nitrogen functional groups attached to an aromatic ring is 1. The number of quaternary nitrogens is 1. The van der Waals surface area contributed by atoms with E-state index in [0.29, 0.717) is 16.8 Å². The monoisotopic (exact) mass is 314 g/mol. The fourth-order valence-corrected chi connectivity index (χ4v) is 3.73. The summed E-state index contributed by atoms with van der Waals surface area (Å²) >= 11 is 0. The lowest BCUT2D eigenvalue weighted by atomic mass is 10.1. The second-order valence-corrected chi connectivity index (χ2v) is 6.57. The minimum Gasteiger partial charge on any atom is -0.383 e. The van der Waals surface area contributed by atoms with Gasteiger partial charge in [-0.05, 0) is 19.4 Å². The van der Waals surface area contributed by atoms with Gasteiger partial charge in [0.15, 0.2) is 0 Å². The Hall–Kier alpha value is -2.21. The van der Waals surface area contributed by atoms with E-state index in [2.05, 4.69) is 25.4 Å². The molecule has 0 bridgehead atoms. The van der Waals surface area contributed by atoms with Crippen molar-refractivity contribution >= 4 is 22.6 Å². The number of aromatic nitrogens is 3. The number of nitrogens with two attached hydrogens (primary N) is 1. The van der Waals surface area contributed by atoms with E-state index in [9.17, 15) is 4.79 Å². The van der Waals surface area contributed by atoms with E-state index in [0.717, 1.165) is 29.4 Å². The van der Waals surface area contributed by atoms with Crippen LogP contribution in [-0.2, 0) is 11.2 Å². The molecule has 1 amide bonds. The predicted molar refractivity (Wildman–Crippen MR) is 90.7 cm³/mol. The van der Waals surface area contributed by atoms with Crippen molar-refractivity contribution in [3.63, 3.8) is 0 Å². The smallest absolute Gasteiger partial charge is 0.338 e. The highest BCUT2D eigenvalue weighted by Gasteiger charge is 2.47. The molecule has 122 valence electrons. The maximum absolute atomic E-state index is 12.3. The number of likely N-dealkylation sites (N-methyl/N-ethyl adjacent to an activating group) is 1. The van der Waals surface area contributed by atoms with Crippen LogP contribution in [0, 0.1) is 0 Å². The molecule has 2 aromatic heterocycles. The Labute approximate surface area is 136 Å². The Bertz CT molecular complexity index is 781. The standard InChI is InChI=1S/C17H24N5O/c1-5-13-16-14(7-8-19-17(16)18)21(20-13)12-9-11(3)22(4,10-12)15(23)6-2/h6-8,11-12H,2,5,9-10H2,1,3-4H3,(H2,18,19)/q+1/t11-,12-,22?/m0/s1. The van der Waals surface area contributed by atoms with Crippen molar-refractivity contribution in [1.82, 2.24) is 14.8 Å². The van der Waals surface area contributed by atoms with Crippen molar-refractivity contribution in [2.45, 2.75) is 38.8 Å². The van der Waals surface area contributed by atoms with Crippen molar-refractivity contribution < 1.29 is 9.28 Å². The second-order valence-electron chi connectivity index (χ2n) is 6.57. The molecule has 6 nitrogen and oxygen atoms in total. The molecular formula is C17H24N5O+. The van der Waals surface area contributed by atoms with Gasteiger partial charge in [-0.3, -0.25) is 9.16 Å². The van der Waals surface area contributed by atoms with Crippen LogP contribution in [0.2, 0.25) is 0 Å². The number of fused-ring (bicyclic) bond motifs is 1. The number of aryl methyl sites for hydroxylation is 1. The lowest BCUT2D eigenvalue weighted by Gasteiger charge is -2.30. The molecule has 1 unspecified atom stereocenters. The van der Waals surface area contributed by atoms with Crippen LogP contribution in [0.25, 0.3) is 10.9 Å². The fraction of sp³-hybridized carbons (Fsp3) is 0.471. The predicted octanol–water partition coefficient (Wildman–Crippen LogP) is 2.07. The molecule has 3 atom stereocenters. The van der Waals surface area contributed by atoms with Gasteiger partial charge in [-0.15, -0.1) is 0 Å². The summed E-state index contributed by atoms with van der Waals surface area (Å²) in [6.07, 6.45) is 4.85. The summed E-state index contributed by atoms with van der Waals surface area (Å²) in [5.74, 6) is 0.587. The van der Waals surface area contributed by atoms with Gasteiger partial charge in [-0.2, -0.15) is 5.10 Å². The average molecular weight is 314 g/mol. The van der Waals surface area contributed by atoms with Gasteiger partial charge in [0.25, 0.3) is 0 Å². The van der Waals surface area contributed by atoms with E-state index in [1.165, 1.54) is 6.08 Å². The lowest BCUT2D eigenvalue weighted by Crippen LogP contribution is -2.51. The Morgan fingerprint density at radius 3 is 3.00 bits per heavy atom. The summed E-state index contributed by atoms with van der Waals surface area (Å²) in [6, 6.07) is 2.36. The Balaban J connectivity index is 2.07. The van der Waals surface area contributed by atoms with Crippen LogP contribution < -0.4 is 5.73 Å². The SMILES string of the molecule is C=CC(=O)[N+]1(C)C[C@@H](n2nc(CC)c3c(N)nccc32)C[C@@H]1C. The molecule has 2 N–H and O–H groups in total. The van der Waals surface area contributed by atoms with E-state index >= 15 is 0 Å². The van der Waals surface area contributed by atoms with Gasteiger partial charge in [-0.25, -0.2) is 9.78 Å². The number of carbonyl (C=O) groups is 1. The molecule has 0 aliphatic carbocycles. The highest BCUT2D eigenvalue weighted by atomic mass is 16.2. The minimum atomic E-state index is 0.0633. The highest BCUT2D eigenvalue weighted by molar-refractivity contribution is 5.91. The third-order valence-corrected chi connectivity index (χ3v) is 5.26. The normalized spacial score (nSPS) is 27.4. The van der Waals surface area contributed by atoms with E-state index in [1.807, 2.05) is 17.8 Å². The molecule has 0 saturated carbocycles. The van der Waals surface area contributed by atoms with E-state index in [1.54, 1.807) is 6.20 Å². The summed E-state index contributed by atoms with van der Waals surface area (Å²) in [4.78, 5) is 16.5. The van der Waals surface area contributed by atoms with Crippen molar-refractivity contribution in [2.75, 3.05) is 19.3 Å². The number of hydrogen-bond acceptors (Lipinski definition) is 4. The molecule has 1 saturated heterocycles. The summed E-state index contributed by atoms with van der Waals surface area (Å²) in [5.41, 5.74) is 8.03. The third-order valence-electron chi connectivity index (χ3n) is 5.26. The fourth-order valence-electron chi connectivity index (χ4n) is 3.73. The Morgan fingerprint density at radius 1 is 1.61 bits per heavy atom. The molecule has 1 fully saturated rings. The van der Waals surface area contributed by atoms with Gasteiger partial charge >= 0.3 is 5.91 Å². The van der Waals surface area contributed by atoms with Gasteiger partial charge in [0.2, 0.25) is 0 Å². The summed E-state index contributed by atoms with van der Waals surface area (Å²) in [5, 5.41) is 5.73. The van der Waals surface area contributed by atoms with Crippen LogP contribution in [0.4, 0.5) is 5.82 Å². The first kappa shape index (κ1) is 15.7. The molecule has 1 aliphatic heterocycles. The maximum Gasteiger partial charge on any atom is 0.338 e. The first-order chi connectivity index (χ1) is 10.9. The molecule has 0 radical (unpaired) electrons. The van der Waals surface area contributed by atoms with Gasteiger partial charge < -0.3 is 5.73 Å². The zero-order valence-corrected chi connectivity index (χ0v) is 14.0. The lowest BCUT2D eigenvalue weighted by molar-refractivity contribution is -0.843.